The Morgan fingerprint density at radius 1 is 1.00 bits per heavy atom. The molecule has 2 aromatic carbocycles. The highest BCUT2D eigenvalue weighted by Gasteiger charge is 2.25. The number of amides is 2. The number of hydrogen-bond acceptors (Lipinski definition) is 3. The lowest BCUT2D eigenvalue weighted by Crippen LogP contribution is -2.36. The predicted octanol–water partition coefficient (Wildman–Crippen LogP) is 4.84. The van der Waals surface area contributed by atoms with Crippen molar-refractivity contribution in [2.24, 2.45) is 5.41 Å². The first-order valence-electron chi connectivity index (χ1n) is 9.49. The molecule has 0 bridgehead atoms. The van der Waals surface area contributed by atoms with Crippen molar-refractivity contribution >= 4 is 23.2 Å². The normalized spacial score (nSPS) is 11.2. The van der Waals surface area contributed by atoms with Gasteiger partial charge in [-0.3, -0.25) is 9.59 Å². The van der Waals surface area contributed by atoms with E-state index in [0.29, 0.717) is 11.7 Å². The van der Waals surface area contributed by atoms with Gasteiger partial charge in [-0.25, -0.2) is 0 Å². The minimum absolute atomic E-state index is 0.0315. The molecule has 0 spiro atoms. The van der Waals surface area contributed by atoms with Gasteiger partial charge in [-0.15, -0.1) is 0 Å². The van der Waals surface area contributed by atoms with E-state index in [1.807, 2.05) is 57.2 Å². The highest BCUT2D eigenvalue weighted by molar-refractivity contribution is 5.96. The van der Waals surface area contributed by atoms with E-state index in [9.17, 15) is 9.59 Å². The Balaban J connectivity index is 1.88. The van der Waals surface area contributed by atoms with E-state index in [1.54, 1.807) is 24.1 Å². The number of anilines is 2. The van der Waals surface area contributed by atoms with E-state index in [4.69, 9.17) is 4.74 Å². The number of nitrogens with zero attached hydrogens (tertiary/aromatic N) is 1. The Hall–Kier alpha value is -2.82. The average Bonchev–Trinajstić information content (AvgIpc) is 2.65. The molecule has 0 aliphatic rings. The van der Waals surface area contributed by atoms with Crippen LogP contribution < -0.4 is 15.0 Å². The molecule has 0 radical (unpaired) electrons. The molecule has 5 heteroatoms. The lowest BCUT2D eigenvalue weighted by atomic mass is 9.95. The molecule has 150 valence electrons. The summed E-state index contributed by atoms with van der Waals surface area (Å²) in [5.41, 5.74) is 2.30. The fourth-order valence-electron chi connectivity index (χ4n) is 2.68. The zero-order valence-electron chi connectivity index (χ0n) is 17.6. The summed E-state index contributed by atoms with van der Waals surface area (Å²) in [6.45, 7) is 9.84. The highest BCUT2D eigenvalue weighted by atomic mass is 16.5. The molecule has 2 rings (SSSR count). The lowest BCUT2D eigenvalue weighted by molar-refractivity contribution is -0.125. The van der Waals surface area contributed by atoms with Crippen LogP contribution in [0.4, 0.5) is 11.4 Å². The molecule has 0 fully saturated rings. The standard InChI is InChI=1S/C23H30N2O3/c1-16(2)17-7-9-18(10-8-17)24-21(26)15-28-20-13-11-19(12-14-20)25(6)22(27)23(3,4)5/h7-14,16H,15H2,1-6H3,(H,24,26). The molecule has 0 unspecified atom stereocenters. The third-order valence-corrected chi connectivity index (χ3v) is 4.40. The molecule has 0 atom stereocenters. The van der Waals surface area contributed by atoms with Crippen molar-refractivity contribution in [3.8, 4) is 5.75 Å². The second-order valence-corrected chi connectivity index (χ2v) is 8.22. The molecule has 1 N–H and O–H groups in total. The van der Waals surface area contributed by atoms with Gasteiger partial charge in [0.15, 0.2) is 6.61 Å². The molecule has 0 aliphatic heterocycles. The van der Waals surface area contributed by atoms with Gasteiger partial charge in [-0.1, -0.05) is 46.8 Å². The quantitative estimate of drug-likeness (QED) is 0.778. The molecule has 2 amide bonds. The van der Waals surface area contributed by atoms with E-state index >= 15 is 0 Å². The maximum atomic E-state index is 12.3. The summed E-state index contributed by atoms with van der Waals surface area (Å²) in [5, 5.41) is 2.82. The maximum absolute atomic E-state index is 12.3. The molecule has 5 nitrogen and oxygen atoms in total. The van der Waals surface area contributed by atoms with Gasteiger partial charge in [0.1, 0.15) is 5.75 Å². The Kier molecular flexibility index (Phi) is 6.84. The molecule has 28 heavy (non-hydrogen) atoms. The first kappa shape index (κ1) is 21.5. The number of hydrogen-bond donors (Lipinski definition) is 1. The van der Waals surface area contributed by atoms with Crippen LogP contribution in [0.2, 0.25) is 0 Å². The topological polar surface area (TPSA) is 58.6 Å². The number of nitrogens with one attached hydrogen (secondary N) is 1. The van der Waals surface area contributed by atoms with Crippen molar-refractivity contribution in [1.82, 2.24) is 0 Å². The Morgan fingerprint density at radius 3 is 2.07 bits per heavy atom. The number of ether oxygens (including phenoxy) is 1. The van der Waals surface area contributed by atoms with Crippen molar-refractivity contribution in [3.05, 3.63) is 54.1 Å². The Labute approximate surface area is 167 Å². The van der Waals surface area contributed by atoms with Crippen molar-refractivity contribution in [2.45, 2.75) is 40.5 Å². The summed E-state index contributed by atoms with van der Waals surface area (Å²) in [5.74, 6) is 0.838. The maximum Gasteiger partial charge on any atom is 0.262 e. The van der Waals surface area contributed by atoms with Crippen LogP contribution in [-0.2, 0) is 9.59 Å². The first-order chi connectivity index (χ1) is 13.1. The van der Waals surface area contributed by atoms with Gasteiger partial charge in [0.2, 0.25) is 5.91 Å². The number of carbonyl (C=O) groups excluding carboxylic acids is 2. The third kappa shape index (κ3) is 5.84. The van der Waals surface area contributed by atoms with Crippen LogP contribution in [0.25, 0.3) is 0 Å². The van der Waals surface area contributed by atoms with Gasteiger partial charge in [0.05, 0.1) is 0 Å². The predicted molar refractivity (Wildman–Crippen MR) is 114 cm³/mol. The zero-order valence-corrected chi connectivity index (χ0v) is 17.6. The van der Waals surface area contributed by atoms with E-state index < -0.39 is 5.41 Å². The second kappa shape index (κ2) is 8.91. The second-order valence-electron chi connectivity index (χ2n) is 8.22. The Bertz CT molecular complexity index is 803. The Morgan fingerprint density at radius 2 is 1.57 bits per heavy atom. The number of carbonyl (C=O) groups is 2. The lowest BCUT2D eigenvalue weighted by Gasteiger charge is -2.26. The van der Waals surface area contributed by atoms with Gasteiger partial charge in [-0.2, -0.15) is 0 Å². The summed E-state index contributed by atoms with van der Waals surface area (Å²) in [6, 6.07) is 14.9. The molecule has 0 heterocycles. The fourth-order valence-corrected chi connectivity index (χ4v) is 2.68. The van der Waals surface area contributed by atoms with Gasteiger partial charge in [0.25, 0.3) is 5.91 Å². The van der Waals surface area contributed by atoms with Crippen LogP contribution in [0.3, 0.4) is 0 Å². The molecule has 0 saturated carbocycles. The smallest absolute Gasteiger partial charge is 0.262 e. The van der Waals surface area contributed by atoms with Crippen LogP contribution in [0.15, 0.2) is 48.5 Å². The molecule has 0 aromatic heterocycles. The van der Waals surface area contributed by atoms with Gasteiger partial charge in [-0.05, 0) is 47.9 Å². The van der Waals surface area contributed by atoms with E-state index in [2.05, 4.69) is 19.2 Å². The fraction of sp³-hybridized carbons (Fsp3) is 0.391. The van der Waals surface area contributed by atoms with Crippen molar-refractivity contribution in [2.75, 3.05) is 23.9 Å². The summed E-state index contributed by atoms with van der Waals surface area (Å²) in [7, 11) is 1.75. The van der Waals surface area contributed by atoms with Gasteiger partial charge >= 0.3 is 0 Å². The molecular weight excluding hydrogens is 352 g/mol. The number of benzene rings is 2. The minimum atomic E-state index is -0.449. The van der Waals surface area contributed by atoms with Crippen LogP contribution in [0.5, 0.6) is 5.75 Å². The average molecular weight is 383 g/mol. The monoisotopic (exact) mass is 382 g/mol. The summed E-state index contributed by atoms with van der Waals surface area (Å²) >= 11 is 0. The highest BCUT2D eigenvalue weighted by Crippen LogP contribution is 2.24. The van der Waals surface area contributed by atoms with Crippen LogP contribution in [0.1, 0.15) is 46.1 Å². The van der Waals surface area contributed by atoms with E-state index in [-0.39, 0.29) is 18.4 Å². The van der Waals surface area contributed by atoms with Crippen LogP contribution in [-0.4, -0.2) is 25.5 Å². The SMILES string of the molecule is CC(C)c1ccc(NC(=O)COc2ccc(N(C)C(=O)C(C)(C)C)cc2)cc1. The molecule has 0 saturated heterocycles. The summed E-state index contributed by atoms with van der Waals surface area (Å²) < 4.78 is 5.55. The summed E-state index contributed by atoms with van der Waals surface area (Å²) in [4.78, 5) is 26.1. The zero-order chi connectivity index (χ0) is 20.9. The van der Waals surface area contributed by atoms with E-state index in [1.165, 1.54) is 5.56 Å². The van der Waals surface area contributed by atoms with Crippen molar-refractivity contribution in [3.63, 3.8) is 0 Å². The van der Waals surface area contributed by atoms with E-state index in [0.717, 1.165) is 11.4 Å². The molecule has 2 aromatic rings. The van der Waals surface area contributed by atoms with Crippen molar-refractivity contribution < 1.29 is 14.3 Å². The summed E-state index contributed by atoms with van der Waals surface area (Å²) in [6.07, 6.45) is 0. The first-order valence-corrected chi connectivity index (χ1v) is 9.49. The van der Waals surface area contributed by atoms with Gasteiger partial charge in [0, 0.05) is 23.8 Å². The van der Waals surface area contributed by atoms with Gasteiger partial charge < -0.3 is 15.0 Å². The number of rotatable bonds is 6. The van der Waals surface area contributed by atoms with Crippen LogP contribution >= 0.6 is 0 Å². The van der Waals surface area contributed by atoms with Crippen LogP contribution in [0, 0.1) is 5.41 Å². The largest absolute Gasteiger partial charge is 0.484 e. The molecular formula is C23H30N2O3. The third-order valence-electron chi connectivity index (χ3n) is 4.40. The molecule has 0 aliphatic carbocycles. The minimum Gasteiger partial charge on any atom is -0.484 e. The van der Waals surface area contributed by atoms with Crippen molar-refractivity contribution in [1.29, 1.82) is 0 Å².